The Kier molecular flexibility index (Phi) is 4.33. The van der Waals surface area contributed by atoms with Gasteiger partial charge >= 0.3 is 0 Å². The largest absolute Gasteiger partial charge is 0.361 e. The van der Waals surface area contributed by atoms with Gasteiger partial charge in [0.25, 0.3) is 0 Å². The quantitative estimate of drug-likeness (QED) is 0.627. The second kappa shape index (κ2) is 6.65. The molecule has 0 spiro atoms. The van der Waals surface area contributed by atoms with E-state index in [1.54, 1.807) is 6.20 Å². The zero-order valence-corrected chi connectivity index (χ0v) is 15.9. The average molecular weight is 364 g/mol. The van der Waals surface area contributed by atoms with Crippen molar-refractivity contribution in [1.29, 1.82) is 0 Å². The summed E-state index contributed by atoms with van der Waals surface area (Å²) in [5.41, 5.74) is 7.35. The molecule has 0 aliphatic carbocycles. The van der Waals surface area contributed by atoms with Gasteiger partial charge in [0, 0.05) is 36.4 Å². The lowest BCUT2D eigenvalue weighted by Gasteiger charge is -2.33. The Hall–Kier alpha value is -2.52. The molecule has 0 saturated carbocycles. The van der Waals surface area contributed by atoms with Crippen molar-refractivity contribution in [1.82, 2.24) is 9.97 Å². The van der Waals surface area contributed by atoms with Crippen molar-refractivity contribution in [3.05, 3.63) is 76.6 Å². The fourth-order valence-electron chi connectivity index (χ4n) is 3.81. The summed E-state index contributed by atoms with van der Waals surface area (Å²) in [6, 6.07) is 10.5. The highest BCUT2D eigenvalue weighted by Crippen LogP contribution is 2.34. The number of nitrogens with zero attached hydrogens (tertiary/aromatic N) is 2. The van der Waals surface area contributed by atoms with E-state index in [4.69, 9.17) is 11.6 Å². The van der Waals surface area contributed by atoms with Crippen LogP contribution in [0, 0.1) is 6.92 Å². The highest BCUT2D eigenvalue weighted by atomic mass is 35.5. The number of halogens is 1. The van der Waals surface area contributed by atoms with Crippen LogP contribution in [0.5, 0.6) is 0 Å². The number of hydrogen-bond acceptors (Lipinski definition) is 2. The van der Waals surface area contributed by atoms with Crippen molar-refractivity contribution in [2.75, 3.05) is 18.0 Å². The van der Waals surface area contributed by atoms with E-state index in [1.165, 1.54) is 27.7 Å². The number of H-pyrrole nitrogens is 1. The number of anilines is 1. The summed E-state index contributed by atoms with van der Waals surface area (Å²) >= 11 is 6.08. The van der Waals surface area contributed by atoms with Crippen LogP contribution in [-0.2, 0) is 0 Å². The Balaban J connectivity index is 1.76. The van der Waals surface area contributed by atoms with Gasteiger partial charge in [0.05, 0.1) is 5.02 Å². The monoisotopic (exact) mass is 363 g/mol. The normalized spacial score (nSPS) is 17.0. The van der Waals surface area contributed by atoms with E-state index in [9.17, 15) is 0 Å². The molecule has 0 amide bonds. The van der Waals surface area contributed by atoms with Gasteiger partial charge in [-0.15, -0.1) is 0 Å². The first-order valence-corrected chi connectivity index (χ1v) is 9.24. The first-order valence-electron chi connectivity index (χ1n) is 8.86. The van der Waals surface area contributed by atoms with Crippen LogP contribution >= 0.6 is 11.6 Å². The van der Waals surface area contributed by atoms with E-state index in [0.717, 1.165) is 36.4 Å². The van der Waals surface area contributed by atoms with Gasteiger partial charge in [-0.3, -0.25) is 0 Å². The van der Waals surface area contributed by atoms with Gasteiger partial charge in [0.1, 0.15) is 5.82 Å². The summed E-state index contributed by atoms with van der Waals surface area (Å²) in [6.07, 6.45) is 4.67. The van der Waals surface area contributed by atoms with Gasteiger partial charge in [-0.05, 0) is 66.3 Å². The number of nitrogens with one attached hydrogen (secondary N) is 1. The Morgan fingerprint density at radius 1 is 1.31 bits per heavy atom. The third-order valence-electron chi connectivity index (χ3n) is 5.23. The molecule has 3 aromatic rings. The minimum atomic E-state index is 0.679. The van der Waals surface area contributed by atoms with E-state index in [1.807, 2.05) is 12.3 Å². The van der Waals surface area contributed by atoms with E-state index in [0.29, 0.717) is 5.02 Å². The molecule has 2 aromatic heterocycles. The first kappa shape index (κ1) is 16.9. The molecule has 1 saturated heterocycles. The van der Waals surface area contributed by atoms with Crippen LogP contribution < -0.4 is 4.90 Å². The molecule has 1 aliphatic rings. The van der Waals surface area contributed by atoms with Crippen LogP contribution in [-0.4, -0.2) is 23.1 Å². The van der Waals surface area contributed by atoms with Crippen LogP contribution in [0.4, 0.5) is 5.82 Å². The number of fused-ring (bicyclic) bond motifs is 1. The fraction of sp³-hybridized carbons (Fsp3) is 0.227. The highest BCUT2D eigenvalue weighted by Gasteiger charge is 2.22. The van der Waals surface area contributed by atoms with E-state index in [-0.39, 0.29) is 0 Å². The van der Waals surface area contributed by atoms with Crippen LogP contribution in [0.15, 0.2) is 60.5 Å². The summed E-state index contributed by atoms with van der Waals surface area (Å²) in [6.45, 7) is 10.4. The molecule has 0 unspecified atom stereocenters. The molecule has 4 rings (SSSR count). The van der Waals surface area contributed by atoms with Crippen molar-refractivity contribution in [2.24, 2.45) is 0 Å². The van der Waals surface area contributed by atoms with Crippen LogP contribution in [0.3, 0.4) is 0 Å². The molecule has 0 bridgehead atoms. The second-order valence-electron chi connectivity index (χ2n) is 6.92. The van der Waals surface area contributed by atoms with Gasteiger partial charge in [-0.2, -0.15) is 0 Å². The van der Waals surface area contributed by atoms with Crippen LogP contribution in [0.1, 0.15) is 24.5 Å². The number of rotatable bonds is 2. The molecule has 1 N–H and O–H groups in total. The summed E-state index contributed by atoms with van der Waals surface area (Å²) in [7, 11) is 0. The molecule has 4 heteroatoms. The zero-order valence-electron chi connectivity index (χ0n) is 15.1. The maximum absolute atomic E-state index is 6.08. The third-order valence-corrected chi connectivity index (χ3v) is 5.43. The predicted octanol–water partition coefficient (Wildman–Crippen LogP) is 5.76. The maximum atomic E-state index is 6.08. The zero-order chi connectivity index (χ0) is 18.3. The highest BCUT2D eigenvalue weighted by molar-refractivity contribution is 6.30. The van der Waals surface area contributed by atoms with Crippen molar-refractivity contribution in [3.63, 3.8) is 0 Å². The topological polar surface area (TPSA) is 31.9 Å². The van der Waals surface area contributed by atoms with Crippen molar-refractivity contribution >= 4 is 33.9 Å². The summed E-state index contributed by atoms with van der Waals surface area (Å²) < 4.78 is 0. The average Bonchev–Trinajstić information content (AvgIpc) is 3.11. The Bertz CT molecular complexity index is 1030. The number of aromatic nitrogens is 2. The SMILES string of the molecule is C=C1CCN(c2ncc(Cl)cc2C)C/C1=C(/C)c1cccc2[nH]ccc12. The van der Waals surface area contributed by atoms with E-state index in [2.05, 4.69) is 59.6 Å². The lowest BCUT2D eigenvalue weighted by atomic mass is 9.90. The van der Waals surface area contributed by atoms with Crippen molar-refractivity contribution in [3.8, 4) is 0 Å². The van der Waals surface area contributed by atoms with Gasteiger partial charge in [-0.1, -0.05) is 30.3 Å². The molecular weight excluding hydrogens is 342 g/mol. The molecule has 1 aliphatic heterocycles. The molecule has 1 fully saturated rings. The van der Waals surface area contributed by atoms with Gasteiger partial charge < -0.3 is 9.88 Å². The van der Waals surface area contributed by atoms with Gasteiger partial charge in [0.15, 0.2) is 0 Å². The molecule has 132 valence electrons. The van der Waals surface area contributed by atoms with Crippen LogP contribution in [0.2, 0.25) is 5.02 Å². The van der Waals surface area contributed by atoms with E-state index >= 15 is 0 Å². The summed E-state index contributed by atoms with van der Waals surface area (Å²) in [5, 5.41) is 1.93. The number of aromatic amines is 1. The number of benzene rings is 1. The minimum Gasteiger partial charge on any atom is -0.361 e. The first-order chi connectivity index (χ1) is 12.5. The number of pyridine rings is 1. The number of allylic oxidation sites excluding steroid dienone is 1. The second-order valence-corrected chi connectivity index (χ2v) is 7.35. The van der Waals surface area contributed by atoms with Gasteiger partial charge in [0.2, 0.25) is 0 Å². The van der Waals surface area contributed by atoms with E-state index < -0.39 is 0 Å². The Labute approximate surface area is 159 Å². The molecule has 26 heavy (non-hydrogen) atoms. The minimum absolute atomic E-state index is 0.679. The summed E-state index contributed by atoms with van der Waals surface area (Å²) in [4.78, 5) is 10.2. The Morgan fingerprint density at radius 2 is 2.15 bits per heavy atom. The molecule has 3 heterocycles. The molecule has 0 radical (unpaired) electrons. The molecule has 1 aromatic carbocycles. The molecular formula is C22H22ClN3. The van der Waals surface area contributed by atoms with Gasteiger partial charge in [-0.25, -0.2) is 4.98 Å². The third kappa shape index (κ3) is 2.93. The predicted molar refractivity (Wildman–Crippen MR) is 111 cm³/mol. The smallest absolute Gasteiger partial charge is 0.131 e. The number of piperidine rings is 1. The maximum Gasteiger partial charge on any atom is 0.131 e. The number of aryl methyl sites for hydroxylation is 1. The Morgan fingerprint density at radius 3 is 2.96 bits per heavy atom. The van der Waals surface area contributed by atoms with Crippen molar-refractivity contribution < 1.29 is 0 Å². The standard InChI is InChI=1S/C22H22ClN3/c1-14-8-10-26(22-15(2)11-17(23)12-25-22)13-20(14)16(3)18-5-4-6-21-19(18)7-9-24-21/h4-7,9,11-12,24H,1,8,10,13H2,2-3H3/b20-16+. The van der Waals surface area contributed by atoms with Crippen molar-refractivity contribution in [2.45, 2.75) is 20.3 Å². The lowest BCUT2D eigenvalue weighted by Crippen LogP contribution is -2.33. The lowest BCUT2D eigenvalue weighted by molar-refractivity contribution is 0.755. The molecule has 3 nitrogen and oxygen atoms in total. The summed E-state index contributed by atoms with van der Waals surface area (Å²) in [5.74, 6) is 1.01. The van der Waals surface area contributed by atoms with Crippen LogP contribution in [0.25, 0.3) is 16.5 Å². The number of hydrogen-bond donors (Lipinski definition) is 1. The fourth-order valence-corrected chi connectivity index (χ4v) is 4.02. The molecule has 0 atom stereocenters.